The van der Waals surface area contributed by atoms with Crippen molar-refractivity contribution in [1.82, 2.24) is 0 Å². The van der Waals surface area contributed by atoms with Crippen LogP contribution in [0.25, 0.3) is 11.6 Å². The first kappa shape index (κ1) is 9.79. The molecule has 0 bridgehead atoms. The molecule has 13 heavy (non-hydrogen) atoms. The predicted octanol–water partition coefficient (Wildman–Crippen LogP) is 4.06. The summed E-state index contributed by atoms with van der Waals surface area (Å²) >= 11 is 0. The quantitative estimate of drug-likeness (QED) is 0.631. The van der Waals surface area contributed by atoms with Crippen LogP contribution < -0.4 is 0 Å². The second kappa shape index (κ2) is 4.08. The van der Waals surface area contributed by atoms with Crippen molar-refractivity contribution >= 4 is 11.6 Å². The molecule has 0 fully saturated rings. The third-order valence-electron chi connectivity index (χ3n) is 2.08. The minimum absolute atomic E-state index is 1.13. The zero-order chi connectivity index (χ0) is 9.84. The minimum atomic E-state index is 1.13. The third-order valence-corrected chi connectivity index (χ3v) is 2.08. The highest BCUT2D eigenvalue weighted by atomic mass is 14.1. The van der Waals surface area contributed by atoms with E-state index in [0.717, 1.165) is 5.57 Å². The molecule has 0 aliphatic heterocycles. The van der Waals surface area contributed by atoms with Gasteiger partial charge in [0, 0.05) is 0 Å². The fourth-order valence-corrected chi connectivity index (χ4v) is 1.59. The Morgan fingerprint density at radius 3 is 2.62 bits per heavy atom. The van der Waals surface area contributed by atoms with Crippen molar-refractivity contribution < 1.29 is 0 Å². The van der Waals surface area contributed by atoms with Crippen molar-refractivity contribution in [3.63, 3.8) is 0 Å². The van der Waals surface area contributed by atoms with E-state index in [1.165, 1.54) is 16.7 Å². The summed E-state index contributed by atoms with van der Waals surface area (Å²) in [7, 11) is 0. The van der Waals surface area contributed by atoms with E-state index in [2.05, 4.69) is 50.8 Å². The molecule has 0 unspecified atom stereocenters. The van der Waals surface area contributed by atoms with E-state index < -0.39 is 0 Å². The number of rotatable bonds is 2. The van der Waals surface area contributed by atoms with Gasteiger partial charge >= 0.3 is 0 Å². The van der Waals surface area contributed by atoms with E-state index in [-0.39, 0.29) is 0 Å². The first-order valence-corrected chi connectivity index (χ1v) is 4.55. The van der Waals surface area contributed by atoms with Crippen LogP contribution in [0.2, 0.25) is 0 Å². The molecule has 68 valence electrons. The lowest BCUT2D eigenvalue weighted by molar-refractivity contribution is 1.40. The van der Waals surface area contributed by atoms with E-state index in [1.807, 2.05) is 6.92 Å². The molecule has 0 N–H and O–H groups in total. The molecule has 0 atom stereocenters. The van der Waals surface area contributed by atoms with E-state index in [9.17, 15) is 0 Å². The van der Waals surface area contributed by atoms with Crippen LogP contribution in [-0.2, 0) is 0 Å². The molecule has 1 aromatic carbocycles. The van der Waals surface area contributed by atoms with Crippen molar-refractivity contribution in [3.05, 3.63) is 47.5 Å². The molecule has 0 amide bonds. The maximum absolute atomic E-state index is 4.00. The van der Waals surface area contributed by atoms with E-state index in [0.29, 0.717) is 0 Å². The molecular weight excluding hydrogens is 156 g/mol. The Bertz CT molecular complexity index is 343. The van der Waals surface area contributed by atoms with Gasteiger partial charge in [-0.15, -0.1) is 0 Å². The molecule has 0 heterocycles. The molecule has 1 rings (SSSR count). The molecule has 0 aliphatic rings. The summed E-state index contributed by atoms with van der Waals surface area (Å²) in [4.78, 5) is 0. The van der Waals surface area contributed by atoms with Crippen molar-refractivity contribution in [2.45, 2.75) is 20.8 Å². The Labute approximate surface area is 80.6 Å². The van der Waals surface area contributed by atoms with E-state index >= 15 is 0 Å². The van der Waals surface area contributed by atoms with Crippen LogP contribution in [0.1, 0.15) is 30.5 Å². The lowest BCUT2D eigenvalue weighted by Crippen LogP contribution is -1.88. The molecule has 0 nitrogen and oxygen atoms in total. The number of hydrogen-bond donors (Lipinski definition) is 0. The summed E-state index contributed by atoms with van der Waals surface area (Å²) < 4.78 is 0. The maximum atomic E-state index is 4.00. The number of hydrogen-bond acceptors (Lipinski definition) is 0. The third kappa shape index (κ3) is 2.09. The van der Waals surface area contributed by atoms with Crippen LogP contribution in [0.4, 0.5) is 0 Å². The van der Waals surface area contributed by atoms with Gasteiger partial charge in [0.25, 0.3) is 0 Å². The first-order chi connectivity index (χ1) is 6.16. The summed E-state index contributed by atoms with van der Waals surface area (Å²) in [5, 5.41) is 0. The van der Waals surface area contributed by atoms with E-state index in [1.54, 1.807) is 0 Å². The summed E-state index contributed by atoms with van der Waals surface area (Å²) in [6, 6.07) is 6.32. The zero-order valence-electron chi connectivity index (χ0n) is 8.59. The van der Waals surface area contributed by atoms with Crippen LogP contribution in [0.15, 0.2) is 30.9 Å². The highest BCUT2D eigenvalue weighted by Gasteiger charge is 2.02. The Hall–Kier alpha value is -1.30. The lowest BCUT2D eigenvalue weighted by Gasteiger charge is -2.08. The minimum Gasteiger partial charge on any atom is -0.0955 e. The summed E-state index contributed by atoms with van der Waals surface area (Å²) in [6.07, 6.45) is 4.18. The lowest BCUT2D eigenvalue weighted by atomic mass is 9.96. The van der Waals surface area contributed by atoms with Crippen molar-refractivity contribution in [3.8, 4) is 0 Å². The smallest absolute Gasteiger partial charge is 0.0131 e. The largest absolute Gasteiger partial charge is 0.0955 e. The second-order valence-electron chi connectivity index (χ2n) is 3.32. The fraction of sp³-hybridized carbons (Fsp3) is 0.231. The molecule has 0 aliphatic carbocycles. The van der Waals surface area contributed by atoms with Gasteiger partial charge in [0.1, 0.15) is 0 Å². The number of benzene rings is 1. The normalized spacial score (nSPS) is 10.7. The molecule has 0 heteroatoms. The molecular formula is C13H16. The van der Waals surface area contributed by atoms with Gasteiger partial charge in [-0.05, 0) is 37.5 Å². The molecule has 0 radical (unpaired) electrons. The van der Waals surface area contributed by atoms with Crippen LogP contribution in [-0.4, -0.2) is 0 Å². The monoisotopic (exact) mass is 172 g/mol. The van der Waals surface area contributed by atoms with Crippen LogP contribution in [0.5, 0.6) is 0 Å². The van der Waals surface area contributed by atoms with Crippen LogP contribution >= 0.6 is 0 Å². The Morgan fingerprint density at radius 1 is 1.38 bits per heavy atom. The van der Waals surface area contributed by atoms with Crippen LogP contribution in [0, 0.1) is 6.92 Å². The van der Waals surface area contributed by atoms with Gasteiger partial charge in [-0.25, -0.2) is 0 Å². The Kier molecular flexibility index (Phi) is 3.07. The van der Waals surface area contributed by atoms with Crippen molar-refractivity contribution in [2.75, 3.05) is 0 Å². The van der Waals surface area contributed by atoms with Gasteiger partial charge in [-0.3, -0.25) is 0 Å². The molecule has 0 saturated carbocycles. The van der Waals surface area contributed by atoms with Gasteiger partial charge < -0.3 is 0 Å². The van der Waals surface area contributed by atoms with Gasteiger partial charge in [0.2, 0.25) is 0 Å². The summed E-state index contributed by atoms with van der Waals surface area (Å²) in [6.45, 7) is 10.2. The van der Waals surface area contributed by atoms with Gasteiger partial charge in [0.15, 0.2) is 0 Å². The van der Waals surface area contributed by atoms with Crippen molar-refractivity contribution in [1.29, 1.82) is 0 Å². The molecule has 0 spiro atoms. The Morgan fingerprint density at radius 2 is 2.08 bits per heavy atom. The Balaban J connectivity index is 3.34. The molecule has 1 aromatic rings. The summed E-state index contributed by atoms with van der Waals surface area (Å²) in [5.74, 6) is 0. The first-order valence-electron chi connectivity index (χ1n) is 4.55. The zero-order valence-corrected chi connectivity index (χ0v) is 8.59. The van der Waals surface area contributed by atoms with Gasteiger partial charge in [0.05, 0.1) is 0 Å². The van der Waals surface area contributed by atoms with Gasteiger partial charge in [-0.2, -0.15) is 0 Å². The SMILES string of the molecule is C=C(C)c1c(C)cccc1/C=C\C. The average molecular weight is 172 g/mol. The number of aryl methyl sites for hydroxylation is 1. The van der Waals surface area contributed by atoms with Crippen molar-refractivity contribution in [2.24, 2.45) is 0 Å². The highest BCUT2D eigenvalue weighted by Crippen LogP contribution is 2.22. The average Bonchev–Trinajstić information content (AvgIpc) is 2.04. The predicted molar refractivity (Wildman–Crippen MR) is 60.6 cm³/mol. The molecule has 0 saturated heterocycles. The highest BCUT2D eigenvalue weighted by molar-refractivity contribution is 5.74. The standard InChI is InChI=1S/C13H16/c1-5-7-12-9-6-8-11(4)13(12)10(2)3/h5-9H,2H2,1,3-4H3/b7-5-. The van der Waals surface area contributed by atoms with Gasteiger partial charge in [-0.1, -0.05) is 42.5 Å². The fourth-order valence-electron chi connectivity index (χ4n) is 1.59. The van der Waals surface area contributed by atoms with Crippen LogP contribution in [0.3, 0.4) is 0 Å². The topological polar surface area (TPSA) is 0 Å². The van der Waals surface area contributed by atoms with E-state index in [4.69, 9.17) is 0 Å². The maximum Gasteiger partial charge on any atom is -0.0131 e. The second-order valence-corrected chi connectivity index (χ2v) is 3.32. The summed E-state index contributed by atoms with van der Waals surface area (Å²) in [5.41, 5.74) is 4.96. The molecule has 0 aromatic heterocycles. The number of allylic oxidation sites excluding steroid dienone is 2.